The highest BCUT2D eigenvalue weighted by Crippen LogP contribution is 2.39. The first-order valence-electron chi connectivity index (χ1n) is 14.9. The summed E-state index contributed by atoms with van der Waals surface area (Å²) in [4.78, 5) is 48.2. The molecule has 4 aromatic rings. The molecule has 2 saturated carbocycles. The number of H-pyrrole nitrogens is 1. The molecule has 2 amide bonds. The minimum absolute atomic E-state index is 0.0849. The zero-order valence-electron chi connectivity index (χ0n) is 24.0. The number of para-hydroxylation sites is 2. The first-order valence-corrected chi connectivity index (χ1v) is 14.9. The number of fused-ring (bicyclic) bond motifs is 1. The van der Waals surface area contributed by atoms with Gasteiger partial charge in [-0.15, -0.1) is 0 Å². The lowest BCUT2D eigenvalue weighted by Gasteiger charge is -2.45. The third-order valence-electron chi connectivity index (χ3n) is 9.24. The lowest BCUT2D eigenvalue weighted by molar-refractivity contribution is -0.132. The Morgan fingerprint density at radius 1 is 0.976 bits per heavy atom. The summed E-state index contributed by atoms with van der Waals surface area (Å²) in [5, 5.41) is 4.29. The number of rotatable bonds is 7. The lowest BCUT2D eigenvalue weighted by atomic mass is 9.78. The summed E-state index contributed by atoms with van der Waals surface area (Å²) in [5.74, 6) is -0.352. The average Bonchev–Trinajstić information content (AvgIpc) is 3.70. The summed E-state index contributed by atoms with van der Waals surface area (Å²) in [7, 11) is 1.84. The van der Waals surface area contributed by atoms with Crippen LogP contribution >= 0.6 is 0 Å². The van der Waals surface area contributed by atoms with E-state index in [0.29, 0.717) is 29.9 Å². The van der Waals surface area contributed by atoms with Crippen LogP contribution in [0.25, 0.3) is 16.6 Å². The zero-order chi connectivity index (χ0) is 28.6. The van der Waals surface area contributed by atoms with E-state index in [2.05, 4.69) is 10.3 Å². The summed E-state index contributed by atoms with van der Waals surface area (Å²) >= 11 is 0. The number of aromatic nitrogens is 3. The normalized spacial score (nSPS) is 17.1. The standard InChI is InChI=1S/C33H39N5O3/c1-23-30(31(40)38(36(23)2)26-15-5-3-6-16-26)37(29(39)21-24-22-34-28-18-10-9-17-27(24)28)33(19-11-4-12-20-33)32(41)35-25-13-7-8-14-25/h3,5-6,9-10,15-18,22,25,34H,4,7-8,11-14,19-21H2,1-2H3,(H,35,41). The number of benzene rings is 2. The molecule has 0 aliphatic heterocycles. The van der Waals surface area contributed by atoms with Crippen LogP contribution in [-0.2, 0) is 23.1 Å². The van der Waals surface area contributed by atoms with Crippen molar-refractivity contribution in [2.75, 3.05) is 4.90 Å². The molecule has 6 rings (SSSR count). The molecule has 2 fully saturated rings. The smallest absolute Gasteiger partial charge is 0.295 e. The first-order chi connectivity index (χ1) is 19.9. The van der Waals surface area contributed by atoms with Crippen molar-refractivity contribution in [2.45, 2.75) is 82.7 Å². The molecule has 41 heavy (non-hydrogen) atoms. The number of carbonyl (C=O) groups excluding carboxylic acids is 2. The van der Waals surface area contributed by atoms with Gasteiger partial charge in [0, 0.05) is 30.2 Å². The van der Waals surface area contributed by atoms with E-state index in [4.69, 9.17) is 0 Å². The van der Waals surface area contributed by atoms with Gasteiger partial charge in [-0.3, -0.25) is 24.0 Å². The molecule has 2 heterocycles. The molecule has 0 spiro atoms. The third kappa shape index (κ3) is 4.79. The fourth-order valence-electron chi connectivity index (χ4n) is 6.99. The lowest BCUT2D eigenvalue weighted by Crippen LogP contribution is -2.64. The summed E-state index contributed by atoms with van der Waals surface area (Å²) < 4.78 is 3.40. The van der Waals surface area contributed by atoms with E-state index >= 15 is 0 Å². The topological polar surface area (TPSA) is 92.1 Å². The van der Waals surface area contributed by atoms with Crippen molar-refractivity contribution in [1.29, 1.82) is 0 Å². The van der Waals surface area contributed by atoms with Gasteiger partial charge in [-0.1, -0.05) is 68.5 Å². The second-order valence-electron chi connectivity index (χ2n) is 11.7. The Bertz CT molecular complexity index is 1620. The van der Waals surface area contributed by atoms with Crippen molar-refractivity contribution >= 4 is 28.4 Å². The van der Waals surface area contributed by atoms with E-state index in [0.717, 1.165) is 61.4 Å². The Morgan fingerprint density at radius 2 is 1.66 bits per heavy atom. The molecular weight excluding hydrogens is 514 g/mol. The predicted molar refractivity (Wildman–Crippen MR) is 161 cm³/mol. The minimum atomic E-state index is -1.12. The minimum Gasteiger partial charge on any atom is -0.361 e. The van der Waals surface area contributed by atoms with E-state index in [-0.39, 0.29) is 29.8 Å². The van der Waals surface area contributed by atoms with Crippen LogP contribution in [-0.4, -0.2) is 37.7 Å². The van der Waals surface area contributed by atoms with Crippen molar-refractivity contribution < 1.29 is 9.59 Å². The van der Waals surface area contributed by atoms with Crippen LogP contribution in [0, 0.1) is 6.92 Å². The van der Waals surface area contributed by atoms with Gasteiger partial charge in [-0.05, 0) is 56.4 Å². The molecule has 0 unspecified atom stereocenters. The van der Waals surface area contributed by atoms with Gasteiger partial charge in [-0.2, -0.15) is 0 Å². The maximum Gasteiger partial charge on any atom is 0.295 e. The molecular formula is C33H39N5O3. The van der Waals surface area contributed by atoms with Gasteiger partial charge in [0.25, 0.3) is 5.56 Å². The number of hydrogen-bond donors (Lipinski definition) is 2. The molecule has 2 aliphatic carbocycles. The van der Waals surface area contributed by atoms with Crippen LogP contribution < -0.4 is 15.8 Å². The molecule has 8 heteroatoms. The third-order valence-corrected chi connectivity index (χ3v) is 9.24. The maximum absolute atomic E-state index is 14.6. The van der Waals surface area contributed by atoms with Crippen LogP contribution in [0.5, 0.6) is 0 Å². The van der Waals surface area contributed by atoms with Crippen LogP contribution in [0.2, 0.25) is 0 Å². The summed E-state index contributed by atoms with van der Waals surface area (Å²) in [6.07, 6.45) is 9.78. The molecule has 0 saturated heterocycles. The molecule has 2 aromatic heterocycles. The average molecular weight is 554 g/mol. The number of aromatic amines is 1. The van der Waals surface area contributed by atoms with Crippen molar-refractivity contribution in [3.05, 3.63) is 82.4 Å². The molecule has 2 N–H and O–H groups in total. The van der Waals surface area contributed by atoms with Gasteiger partial charge in [-0.25, -0.2) is 4.68 Å². The molecule has 2 aliphatic rings. The number of carbonyl (C=O) groups is 2. The van der Waals surface area contributed by atoms with E-state index in [1.807, 2.05) is 74.8 Å². The first kappa shape index (κ1) is 27.1. The molecule has 2 aromatic carbocycles. The van der Waals surface area contributed by atoms with Gasteiger partial charge in [0.15, 0.2) is 0 Å². The Balaban J connectivity index is 1.50. The highest BCUT2D eigenvalue weighted by Gasteiger charge is 2.50. The van der Waals surface area contributed by atoms with Gasteiger partial charge in [0.05, 0.1) is 17.8 Å². The Labute approximate surface area is 240 Å². The molecule has 0 bridgehead atoms. The SMILES string of the molecule is Cc1c(N(C(=O)Cc2c[nH]c3ccccc23)C2(C(=O)NC3CCCC3)CCCCC2)c(=O)n(-c2ccccc2)n1C. The van der Waals surface area contributed by atoms with Gasteiger partial charge in [0.1, 0.15) is 11.2 Å². The van der Waals surface area contributed by atoms with Gasteiger partial charge in [0.2, 0.25) is 11.8 Å². The Hall–Kier alpha value is -4.07. The van der Waals surface area contributed by atoms with E-state index in [1.54, 1.807) is 14.3 Å². The predicted octanol–water partition coefficient (Wildman–Crippen LogP) is 5.30. The zero-order valence-corrected chi connectivity index (χ0v) is 24.0. The Kier molecular flexibility index (Phi) is 7.32. The maximum atomic E-state index is 14.6. The van der Waals surface area contributed by atoms with Gasteiger partial charge < -0.3 is 10.3 Å². The van der Waals surface area contributed by atoms with Crippen LogP contribution in [0.15, 0.2) is 65.6 Å². The highest BCUT2D eigenvalue weighted by atomic mass is 16.2. The quantitative estimate of drug-likeness (QED) is 0.325. The number of nitrogens with zero attached hydrogens (tertiary/aromatic N) is 3. The van der Waals surface area contributed by atoms with Crippen molar-refractivity contribution in [3.8, 4) is 5.69 Å². The second-order valence-corrected chi connectivity index (χ2v) is 11.7. The fourth-order valence-corrected chi connectivity index (χ4v) is 6.99. The summed E-state index contributed by atoms with van der Waals surface area (Å²) in [5.41, 5.74) is 2.07. The Morgan fingerprint density at radius 3 is 2.39 bits per heavy atom. The van der Waals surface area contributed by atoms with Crippen LogP contribution in [0.3, 0.4) is 0 Å². The molecule has 0 radical (unpaired) electrons. The largest absolute Gasteiger partial charge is 0.361 e. The van der Waals surface area contributed by atoms with Gasteiger partial charge >= 0.3 is 0 Å². The van der Waals surface area contributed by atoms with Crippen molar-refractivity contribution in [1.82, 2.24) is 19.7 Å². The number of amides is 2. The second kappa shape index (κ2) is 11.1. The number of anilines is 1. The van der Waals surface area contributed by atoms with Crippen molar-refractivity contribution in [2.24, 2.45) is 7.05 Å². The van der Waals surface area contributed by atoms with E-state index in [9.17, 15) is 14.4 Å². The summed E-state index contributed by atoms with van der Waals surface area (Å²) in [6.45, 7) is 1.87. The summed E-state index contributed by atoms with van der Waals surface area (Å²) in [6, 6.07) is 17.5. The van der Waals surface area contributed by atoms with E-state index < -0.39 is 5.54 Å². The van der Waals surface area contributed by atoms with Crippen LogP contribution in [0.4, 0.5) is 5.69 Å². The fraction of sp³-hybridized carbons (Fsp3) is 0.424. The van der Waals surface area contributed by atoms with Crippen LogP contribution in [0.1, 0.15) is 69.0 Å². The molecule has 0 atom stereocenters. The number of nitrogens with one attached hydrogen (secondary N) is 2. The van der Waals surface area contributed by atoms with Crippen molar-refractivity contribution in [3.63, 3.8) is 0 Å². The number of hydrogen-bond acceptors (Lipinski definition) is 3. The molecule has 8 nitrogen and oxygen atoms in total. The molecule has 214 valence electrons. The van der Waals surface area contributed by atoms with E-state index in [1.165, 1.54) is 0 Å². The monoisotopic (exact) mass is 553 g/mol. The highest BCUT2D eigenvalue weighted by molar-refractivity contribution is 6.05.